The fraction of sp³-hybridized carbons (Fsp3) is 0.200. The van der Waals surface area contributed by atoms with Crippen LogP contribution in [0.25, 0.3) is 5.69 Å². The molecule has 144 valence electrons. The maximum Gasteiger partial charge on any atom is 0.226 e. The number of hydrogen-bond acceptors (Lipinski definition) is 4. The Kier molecular flexibility index (Phi) is 4.46. The van der Waals surface area contributed by atoms with Gasteiger partial charge in [0.15, 0.2) is 11.5 Å². The first-order valence-corrected chi connectivity index (χ1v) is 8.57. The van der Waals surface area contributed by atoms with Crippen LogP contribution < -0.4 is 14.8 Å². The predicted molar refractivity (Wildman–Crippen MR) is 98.1 cm³/mol. The number of methoxy groups -OCH3 is 2. The van der Waals surface area contributed by atoms with Crippen molar-refractivity contribution in [3.63, 3.8) is 0 Å². The van der Waals surface area contributed by atoms with E-state index in [4.69, 9.17) is 9.47 Å². The number of amides is 1. The minimum atomic E-state index is -0.628. The van der Waals surface area contributed by atoms with Crippen molar-refractivity contribution in [1.82, 2.24) is 9.55 Å². The molecule has 6 nitrogen and oxygen atoms in total. The van der Waals surface area contributed by atoms with Gasteiger partial charge < -0.3 is 14.8 Å². The van der Waals surface area contributed by atoms with Gasteiger partial charge in [0.2, 0.25) is 5.91 Å². The van der Waals surface area contributed by atoms with Gasteiger partial charge in [-0.25, -0.2) is 13.8 Å². The third-order valence-electron chi connectivity index (χ3n) is 4.75. The zero-order chi connectivity index (χ0) is 19.8. The zero-order valence-corrected chi connectivity index (χ0v) is 15.2. The summed E-state index contributed by atoms with van der Waals surface area (Å²) in [4.78, 5) is 16.8. The summed E-state index contributed by atoms with van der Waals surface area (Å²) in [6.07, 6.45) is 1.51. The van der Waals surface area contributed by atoms with Crippen LogP contribution in [-0.4, -0.2) is 29.7 Å². The maximum absolute atomic E-state index is 14.3. The number of nitrogens with one attached hydrogen (secondary N) is 1. The van der Waals surface area contributed by atoms with Gasteiger partial charge in [-0.15, -0.1) is 0 Å². The van der Waals surface area contributed by atoms with Crippen LogP contribution in [0.4, 0.5) is 14.6 Å². The first kappa shape index (κ1) is 18.0. The third-order valence-corrected chi connectivity index (χ3v) is 4.75. The van der Waals surface area contributed by atoms with Gasteiger partial charge in [-0.1, -0.05) is 12.1 Å². The third kappa shape index (κ3) is 2.87. The Morgan fingerprint density at radius 2 is 2.00 bits per heavy atom. The molecule has 28 heavy (non-hydrogen) atoms. The molecule has 0 fully saturated rings. The Morgan fingerprint density at radius 3 is 2.75 bits per heavy atom. The molecule has 1 aliphatic heterocycles. The van der Waals surface area contributed by atoms with E-state index >= 15 is 0 Å². The molecular weight excluding hydrogens is 368 g/mol. The van der Waals surface area contributed by atoms with Crippen LogP contribution in [-0.2, 0) is 4.79 Å². The lowest BCUT2D eigenvalue weighted by Crippen LogP contribution is -2.25. The van der Waals surface area contributed by atoms with Crippen molar-refractivity contribution in [2.75, 3.05) is 19.5 Å². The van der Waals surface area contributed by atoms with Gasteiger partial charge in [0, 0.05) is 24.0 Å². The summed E-state index contributed by atoms with van der Waals surface area (Å²) in [6.45, 7) is 0. The zero-order valence-electron chi connectivity index (χ0n) is 15.2. The summed E-state index contributed by atoms with van der Waals surface area (Å²) in [7, 11) is 3.05. The molecule has 2 aromatic carbocycles. The molecule has 1 amide bonds. The van der Waals surface area contributed by atoms with Crippen molar-refractivity contribution in [3.05, 3.63) is 65.6 Å². The van der Waals surface area contributed by atoms with E-state index in [9.17, 15) is 13.6 Å². The molecule has 4 rings (SSSR count). The van der Waals surface area contributed by atoms with Crippen LogP contribution in [0.1, 0.15) is 23.6 Å². The second kappa shape index (κ2) is 6.95. The largest absolute Gasteiger partial charge is 0.493 e. The van der Waals surface area contributed by atoms with E-state index in [1.807, 2.05) is 6.07 Å². The summed E-state index contributed by atoms with van der Waals surface area (Å²) >= 11 is 0. The minimum absolute atomic E-state index is 0.0349. The first-order valence-electron chi connectivity index (χ1n) is 8.57. The molecule has 1 atom stereocenters. The summed E-state index contributed by atoms with van der Waals surface area (Å²) < 4.78 is 40.1. The monoisotopic (exact) mass is 385 g/mol. The first-order chi connectivity index (χ1) is 13.5. The molecule has 1 aromatic heterocycles. The van der Waals surface area contributed by atoms with Crippen molar-refractivity contribution in [2.24, 2.45) is 0 Å². The molecule has 0 radical (unpaired) electrons. The molecule has 0 spiro atoms. The van der Waals surface area contributed by atoms with E-state index in [2.05, 4.69) is 10.3 Å². The molecule has 2 heterocycles. The fourth-order valence-corrected chi connectivity index (χ4v) is 3.50. The van der Waals surface area contributed by atoms with E-state index in [1.54, 1.807) is 12.1 Å². The Balaban J connectivity index is 1.88. The number of ether oxygens (including phenoxy) is 2. The lowest BCUT2D eigenvalue weighted by molar-refractivity contribution is -0.116. The van der Waals surface area contributed by atoms with Crippen LogP contribution in [0.5, 0.6) is 11.5 Å². The number of nitrogens with zero attached hydrogens (tertiary/aromatic N) is 2. The molecule has 3 aromatic rings. The number of fused-ring (bicyclic) bond motifs is 1. The second-order valence-electron chi connectivity index (χ2n) is 6.33. The molecule has 1 N–H and O–H groups in total. The van der Waals surface area contributed by atoms with E-state index < -0.39 is 17.6 Å². The van der Waals surface area contributed by atoms with Gasteiger partial charge >= 0.3 is 0 Å². The molecular formula is C20H17F2N3O3. The van der Waals surface area contributed by atoms with Crippen molar-refractivity contribution >= 4 is 11.7 Å². The van der Waals surface area contributed by atoms with E-state index in [0.29, 0.717) is 23.0 Å². The van der Waals surface area contributed by atoms with Gasteiger partial charge in [-0.2, -0.15) is 0 Å². The number of aromatic nitrogens is 2. The normalized spacial score (nSPS) is 15.7. The Hall–Kier alpha value is -3.42. The number of hydrogen-bond donors (Lipinski definition) is 1. The van der Waals surface area contributed by atoms with Crippen molar-refractivity contribution in [2.45, 2.75) is 12.3 Å². The van der Waals surface area contributed by atoms with Crippen LogP contribution in [0.2, 0.25) is 0 Å². The lowest BCUT2D eigenvalue weighted by atomic mass is 9.89. The summed E-state index contributed by atoms with van der Waals surface area (Å²) in [5, 5.41) is 2.72. The highest BCUT2D eigenvalue weighted by Crippen LogP contribution is 2.43. The van der Waals surface area contributed by atoms with Crippen molar-refractivity contribution in [1.29, 1.82) is 0 Å². The van der Waals surface area contributed by atoms with Crippen LogP contribution in [0.3, 0.4) is 0 Å². The van der Waals surface area contributed by atoms with E-state index in [1.165, 1.54) is 25.1 Å². The predicted octanol–water partition coefficient (Wildman–Crippen LogP) is 3.64. The smallest absolute Gasteiger partial charge is 0.226 e. The second-order valence-corrected chi connectivity index (χ2v) is 6.33. The Bertz CT molecular complexity index is 1060. The quantitative estimate of drug-likeness (QED) is 0.745. The van der Waals surface area contributed by atoms with Gasteiger partial charge in [-0.05, 0) is 18.2 Å². The van der Waals surface area contributed by atoms with Crippen LogP contribution in [0, 0.1) is 11.6 Å². The van der Waals surface area contributed by atoms with Crippen molar-refractivity contribution in [3.8, 4) is 17.2 Å². The summed E-state index contributed by atoms with van der Waals surface area (Å²) in [5.41, 5.74) is 1.23. The Morgan fingerprint density at radius 1 is 1.18 bits per heavy atom. The van der Waals surface area contributed by atoms with Gasteiger partial charge in [0.1, 0.15) is 23.8 Å². The maximum atomic E-state index is 14.3. The highest BCUT2D eigenvalue weighted by atomic mass is 19.1. The topological polar surface area (TPSA) is 65.4 Å². The molecule has 0 aliphatic carbocycles. The van der Waals surface area contributed by atoms with Gasteiger partial charge in [-0.3, -0.25) is 9.36 Å². The molecule has 0 saturated heterocycles. The molecule has 0 unspecified atom stereocenters. The number of para-hydroxylation sites is 1. The van der Waals surface area contributed by atoms with Crippen molar-refractivity contribution < 1.29 is 23.0 Å². The SMILES string of the molecule is COc1cccc([C@@H]2CC(=O)Nc3c2ncn3-c2cc(F)ccc2F)c1OC. The molecule has 8 heteroatoms. The standard InChI is InChI=1S/C20H17F2N3O3/c1-27-16-5-3-4-12(19(16)28-2)13-9-17(26)24-20-18(13)23-10-25(20)15-8-11(21)6-7-14(15)22/h3-8,10,13H,9H2,1-2H3,(H,24,26)/t13-/m0/s1. The number of carbonyl (C=O) groups is 1. The average Bonchev–Trinajstić information content (AvgIpc) is 3.11. The summed E-state index contributed by atoms with van der Waals surface area (Å²) in [5.74, 6) is -0.572. The number of halogens is 2. The van der Waals surface area contributed by atoms with Crippen LogP contribution in [0.15, 0.2) is 42.7 Å². The number of imidazole rings is 1. The lowest BCUT2D eigenvalue weighted by Gasteiger charge is -2.25. The fourth-order valence-electron chi connectivity index (χ4n) is 3.50. The highest BCUT2D eigenvalue weighted by molar-refractivity contribution is 5.94. The number of benzene rings is 2. The molecule has 0 bridgehead atoms. The van der Waals surface area contributed by atoms with Crippen LogP contribution >= 0.6 is 0 Å². The van der Waals surface area contributed by atoms with E-state index in [-0.39, 0.29) is 18.0 Å². The minimum Gasteiger partial charge on any atom is -0.493 e. The average molecular weight is 385 g/mol. The summed E-state index contributed by atoms with van der Waals surface area (Å²) in [6, 6.07) is 8.50. The number of carbonyl (C=O) groups excluding carboxylic acids is 1. The van der Waals surface area contributed by atoms with Gasteiger partial charge in [0.05, 0.1) is 25.6 Å². The molecule has 0 saturated carbocycles. The molecule has 1 aliphatic rings. The van der Waals surface area contributed by atoms with E-state index in [0.717, 1.165) is 23.8 Å². The number of rotatable bonds is 4. The Labute approximate surface area is 159 Å². The van der Waals surface area contributed by atoms with Gasteiger partial charge in [0.25, 0.3) is 0 Å². The number of anilines is 1. The highest BCUT2D eigenvalue weighted by Gasteiger charge is 2.33.